The second kappa shape index (κ2) is 26.7. The molecule has 0 aliphatic carbocycles. The molecule has 25 rings (SSSR count). The standard InChI is InChI=1S/C111H66N6O3/c1-7-19-97-85(13-1)88-55-43-76(79-46-58-94-91-16-4-10-22-103(91)118-106(94)64-79)61-100(88)115(97)82-49-37-70(38-50-82)67-25-31-73(32-26-67)109-112-110(74-33-27-68(28-34-74)71-39-51-83(52-40-71)116-98-20-8-2-14-86(98)89-56-44-77(62-101(89)116)80-47-59-95-92-17-5-11-23-104(92)119-107(95)65-80)114-111(113-109)75-35-29-69(30-36-75)72-41-53-84(54-42-72)117-99-21-9-3-15-87(99)90-57-45-78(63-102(90)117)81-48-60-96-93-18-6-12-24-105(93)120-108(96)66-81/h1-66H. The highest BCUT2D eigenvalue weighted by Crippen LogP contribution is 2.44. The number of para-hydroxylation sites is 6. The summed E-state index contributed by atoms with van der Waals surface area (Å²) in [5.41, 5.74) is 31.3. The van der Waals surface area contributed by atoms with Crippen LogP contribution in [0.25, 0.3) is 249 Å². The van der Waals surface area contributed by atoms with E-state index in [-0.39, 0.29) is 0 Å². The Bertz CT molecular complexity index is 7690. The predicted octanol–water partition coefficient (Wildman–Crippen LogP) is 29.9. The highest BCUT2D eigenvalue weighted by molar-refractivity contribution is 6.15. The third-order valence-electron chi connectivity index (χ3n) is 24.6. The number of nitrogens with zero attached hydrogens (tertiary/aromatic N) is 6. The van der Waals surface area contributed by atoms with Gasteiger partial charge in [-0.2, -0.15) is 0 Å². The van der Waals surface area contributed by atoms with Gasteiger partial charge in [0.15, 0.2) is 17.5 Å². The molecule has 0 bridgehead atoms. The van der Waals surface area contributed by atoms with Crippen molar-refractivity contribution in [3.05, 3.63) is 400 Å². The molecule has 120 heavy (non-hydrogen) atoms. The zero-order valence-electron chi connectivity index (χ0n) is 64.5. The molecule has 0 spiro atoms. The fraction of sp³-hybridized carbons (Fsp3) is 0. The van der Waals surface area contributed by atoms with Crippen molar-refractivity contribution < 1.29 is 13.3 Å². The Morgan fingerprint density at radius 2 is 0.333 bits per heavy atom. The molecule has 7 aromatic heterocycles. The van der Waals surface area contributed by atoms with Gasteiger partial charge in [-0.3, -0.25) is 0 Å². The van der Waals surface area contributed by atoms with Crippen molar-refractivity contribution in [2.45, 2.75) is 0 Å². The summed E-state index contributed by atoms with van der Waals surface area (Å²) in [4.78, 5) is 15.9. The molecule has 0 amide bonds. The molecule has 0 fully saturated rings. The molecule has 0 aliphatic rings. The number of benzene rings is 18. The van der Waals surface area contributed by atoms with E-state index in [4.69, 9.17) is 28.2 Å². The summed E-state index contributed by atoms with van der Waals surface area (Å²) in [6.45, 7) is 0. The monoisotopic (exact) mass is 1530 g/mol. The van der Waals surface area contributed by atoms with E-state index in [1.807, 2.05) is 36.4 Å². The van der Waals surface area contributed by atoms with Crippen LogP contribution in [-0.4, -0.2) is 28.7 Å². The van der Waals surface area contributed by atoms with Gasteiger partial charge >= 0.3 is 0 Å². The van der Waals surface area contributed by atoms with E-state index < -0.39 is 0 Å². The normalized spacial score (nSPS) is 12.0. The van der Waals surface area contributed by atoms with Gasteiger partial charge in [-0.05, 0) is 194 Å². The van der Waals surface area contributed by atoms with E-state index in [0.717, 1.165) is 199 Å². The van der Waals surface area contributed by atoms with Crippen LogP contribution in [0, 0.1) is 0 Å². The molecule has 9 nitrogen and oxygen atoms in total. The first kappa shape index (κ1) is 67.1. The lowest BCUT2D eigenvalue weighted by atomic mass is 10.0. The lowest BCUT2D eigenvalue weighted by Crippen LogP contribution is -2.00. The summed E-state index contributed by atoms with van der Waals surface area (Å²) in [7, 11) is 0. The molecule has 0 unspecified atom stereocenters. The Labute approximate surface area is 687 Å². The molecule has 0 aliphatic heterocycles. The zero-order valence-corrected chi connectivity index (χ0v) is 64.5. The third kappa shape index (κ3) is 10.9. The van der Waals surface area contributed by atoms with E-state index >= 15 is 0 Å². The van der Waals surface area contributed by atoms with E-state index in [0.29, 0.717) is 17.5 Å². The van der Waals surface area contributed by atoms with Crippen LogP contribution in [0.4, 0.5) is 0 Å². The van der Waals surface area contributed by atoms with Gasteiger partial charge in [-0.15, -0.1) is 0 Å². The molecule has 0 radical (unpaired) electrons. The van der Waals surface area contributed by atoms with Crippen molar-refractivity contribution in [2.24, 2.45) is 0 Å². The van der Waals surface area contributed by atoms with Crippen LogP contribution in [0.15, 0.2) is 414 Å². The number of furan rings is 3. The molecular formula is C111H66N6O3. The first-order valence-electron chi connectivity index (χ1n) is 40.6. The van der Waals surface area contributed by atoms with Crippen LogP contribution >= 0.6 is 0 Å². The largest absolute Gasteiger partial charge is 0.456 e. The highest BCUT2D eigenvalue weighted by Gasteiger charge is 2.22. The van der Waals surface area contributed by atoms with Gasteiger partial charge in [-0.1, -0.05) is 273 Å². The minimum atomic E-state index is 0.577. The molecule has 0 saturated carbocycles. The van der Waals surface area contributed by atoms with Crippen LogP contribution in [-0.2, 0) is 0 Å². The molecule has 558 valence electrons. The summed E-state index contributed by atoms with van der Waals surface area (Å²) in [5.74, 6) is 1.73. The average Bonchev–Trinajstić information content (AvgIpc) is 1.58. The van der Waals surface area contributed by atoms with Crippen LogP contribution in [0.3, 0.4) is 0 Å². The summed E-state index contributed by atoms with van der Waals surface area (Å²) in [5, 5.41) is 13.9. The maximum Gasteiger partial charge on any atom is 0.164 e. The SMILES string of the molecule is c1ccc2c(c1)oc1cc(-c3ccc4c5ccccc5n(-c5ccc(-c6ccc(-c7nc(-c8ccc(-c9ccc(-n%10c%11ccccc%11c%11ccc(-c%12ccc%13c(c%12)oc%12ccccc%12%13)cc%11%10)cc9)cc8)nc(-c8ccc(-c9ccc(-n%10c%11ccccc%11c%11ccc(-c%12ccc%13c(c%12)oc%12ccccc%12%13)cc%11%10)cc9)cc8)n7)cc6)cc5)c4c3)ccc12. The number of aromatic nitrogens is 6. The summed E-state index contributed by atoms with van der Waals surface area (Å²) < 4.78 is 26.2. The number of rotatable bonds is 12. The number of hydrogen-bond donors (Lipinski definition) is 0. The van der Waals surface area contributed by atoms with Gasteiger partial charge in [0.1, 0.15) is 33.5 Å². The quantitative estimate of drug-likeness (QED) is 0.121. The lowest BCUT2D eigenvalue weighted by Gasteiger charge is -2.12. The van der Waals surface area contributed by atoms with Crippen molar-refractivity contribution >= 4 is 131 Å². The van der Waals surface area contributed by atoms with E-state index in [2.05, 4.69) is 378 Å². The Kier molecular flexibility index (Phi) is 14.9. The van der Waals surface area contributed by atoms with Crippen molar-refractivity contribution in [1.82, 2.24) is 28.7 Å². The Morgan fingerprint density at radius 1 is 0.142 bits per heavy atom. The van der Waals surface area contributed by atoms with Gasteiger partial charge in [0.25, 0.3) is 0 Å². The summed E-state index contributed by atoms with van der Waals surface area (Å²) in [6.07, 6.45) is 0. The molecule has 7 heterocycles. The minimum Gasteiger partial charge on any atom is -0.456 e. The fourth-order valence-electron chi connectivity index (χ4n) is 18.6. The topological polar surface area (TPSA) is 92.9 Å². The molecule has 9 heteroatoms. The fourth-order valence-corrected chi connectivity index (χ4v) is 18.6. The van der Waals surface area contributed by atoms with Crippen LogP contribution in [0.2, 0.25) is 0 Å². The molecule has 18 aromatic carbocycles. The van der Waals surface area contributed by atoms with Crippen molar-refractivity contribution in [1.29, 1.82) is 0 Å². The number of fused-ring (bicyclic) bond motifs is 18. The van der Waals surface area contributed by atoms with Gasteiger partial charge in [-0.25, -0.2) is 15.0 Å². The molecule has 0 N–H and O–H groups in total. The Balaban J connectivity index is 0.536. The van der Waals surface area contributed by atoms with E-state index in [1.54, 1.807) is 0 Å². The van der Waals surface area contributed by atoms with Crippen LogP contribution in [0.5, 0.6) is 0 Å². The van der Waals surface area contributed by atoms with Crippen molar-refractivity contribution in [2.75, 3.05) is 0 Å². The zero-order chi connectivity index (χ0) is 78.6. The minimum absolute atomic E-state index is 0.577. The van der Waals surface area contributed by atoms with Gasteiger partial charge in [0, 0.05) is 98.4 Å². The average molecular weight is 1530 g/mol. The summed E-state index contributed by atoms with van der Waals surface area (Å²) in [6, 6.07) is 143. The van der Waals surface area contributed by atoms with Gasteiger partial charge < -0.3 is 27.0 Å². The molecule has 0 saturated heterocycles. The maximum atomic E-state index is 6.36. The van der Waals surface area contributed by atoms with Gasteiger partial charge in [0.2, 0.25) is 0 Å². The smallest absolute Gasteiger partial charge is 0.164 e. The van der Waals surface area contributed by atoms with E-state index in [9.17, 15) is 0 Å². The Hall–Kier alpha value is -16.2. The van der Waals surface area contributed by atoms with Crippen LogP contribution < -0.4 is 0 Å². The molecule has 0 atom stereocenters. The summed E-state index contributed by atoms with van der Waals surface area (Å²) >= 11 is 0. The second-order valence-electron chi connectivity index (χ2n) is 31.4. The maximum absolute atomic E-state index is 6.36. The highest BCUT2D eigenvalue weighted by atomic mass is 16.3. The van der Waals surface area contributed by atoms with Crippen molar-refractivity contribution in [3.63, 3.8) is 0 Å². The molecule has 25 aromatic rings. The Morgan fingerprint density at radius 3 is 0.608 bits per heavy atom. The predicted molar refractivity (Wildman–Crippen MR) is 494 cm³/mol. The second-order valence-corrected chi connectivity index (χ2v) is 31.4. The molecular weight excluding hydrogens is 1470 g/mol. The first-order valence-corrected chi connectivity index (χ1v) is 40.6. The van der Waals surface area contributed by atoms with Crippen molar-refractivity contribution in [3.8, 4) is 118 Å². The lowest BCUT2D eigenvalue weighted by molar-refractivity contribution is 0.668. The van der Waals surface area contributed by atoms with E-state index in [1.165, 1.54) is 32.3 Å². The number of hydrogen-bond acceptors (Lipinski definition) is 6. The van der Waals surface area contributed by atoms with Gasteiger partial charge in [0.05, 0.1) is 33.1 Å². The third-order valence-corrected chi connectivity index (χ3v) is 24.6. The first-order chi connectivity index (χ1) is 59.4. The van der Waals surface area contributed by atoms with Crippen LogP contribution in [0.1, 0.15) is 0 Å².